The fourth-order valence-electron chi connectivity index (χ4n) is 1.13. The standard InChI is InChI=1S/C13H11BrO3/c1-2-3-8-17-12-6-5-11(14)9-10(12)4-7-13(15)16/h4-7,9H,8H2,1H3,(H,15,16). The first-order valence-electron chi connectivity index (χ1n) is 4.86. The molecule has 0 radical (unpaired) electrons. The van der Waals surface area contributed by atoms with Crippen LogP contribution < -0.4 is 4.74 Å². The summed E-state index contributed by atoms with van der Waals surface area (Å²) in [5.74, 6) is 5.11. The Morgan fingerprint density at radius 3 is 3.00 bits per heavy atom. The lowest BCUT2D eigenvalue weighted by molar-refractivity contribution is -0.131. The number of carboxylic acids is 1. The van der Waals surface area contributed by atoms with Crippen LogP contribution in [0.1, 0.15) is 12.5 Å². The summed E-state index contributed by atoms with van der Waals surface area (Å²) in [5, 5.41) is 8.59. The van der Waals surface area contributed by atoms with E-state index in [4.69, 9.17) is 9.84 Å². The summed E-state index contributed by atoms with van der Waals surface area (Å²) in [6.07, 6.45) is 2.56. The van der Waals surface area contributed by atoms with Gasteiger partial charge in [-0.3, -0.25) is 0 Å². The van der Waals surface area contributed by atoms with Gasteiger partial charge in [0.1, 0.15) is 12.4 Å². The fraction of sp³-hybridized carbons (Fsp3) is 0.154. The Morgan fingerprint density at radius 1 is 1.59 bits per heavy atom. The lowest BCUT2D eigenvalue weighted by Gasteiger charge is -2.06. The molecule has 0 aliphatic carbocycles. The highest BCUT2D eigenvalue weighted by Gasteiger charge is 2.01. The van der Waals surface area contributed by atoms with E-state index in [0.29, 0.717) is 11.3 Å². The van der Waals surface area contributed by atoms with E-state index in [2.05, 4.69) is 27.8 Å². The summed E-state index contributed by atoms with van der Waals surface area (Å²) in [4.78, 5) is 10.5. The van der Waals surface area contributed by atoms with Crippen molar-refractivity contribution in [1.82, 2.24) is 0 Å². The second-order valence-corrected chi connectivity index (χ2v) is 3.98. The maximum Gasteiger partial charge on any atom is 0.328 e. The summed E-state index contributed by atoms with van der Waals surface area (Å²) in [6, 6.07) is 5.38. The number of hydrogen-bond acceptors (Lipinski definition) is 2. The summed E-state index contributed by atoms with van der Waals surface area (Å²) >= 11 is 3.32. The highest BCUT2D eigenvalue weighted by molar-refractivity contribution is 9.10. The average Bonchev–Trinajstić information content (AvgIpc) is 2.29. The number of hydrogen-bond donors (Lipinski definition) is 1. The van der Waals surface area contributed by atoms with E-state index in [1.54, 1.807) is 19.1 Å². The van der Waals surface area contributed by atoms with Crippen LogP contribution >= 0.6 is 15.9 Å². The topological polar surface area (TPSA) is 46.5 Å². The highest BCUT2D eigenvalue weighted by Crippen LogP contribution is 2.24. The van der Waals surface area contributed by atoms with Gasteiger partial charge in [0, 0.05) is 16.1 Å². The predicted molar refractivity (Wildman–Crippen MR) is 69.8 cm³/mol. The van der Waals surface area contributed by atoms with Crippen LogP contribution in [0.2, 0.25) is 0 Å². The monoisotopic (exact) mass is 294 g/mol. The van der Waals surface area contributed by atoms with Crippen LogP contribution in [0.4, 0.5) is 0 Å². The van der Waals surface area contributed by atoms with Crippen LogP contribution in [0, 0.1) is 11.8 Å². The van der Waals surface area contributed by atoms with Crippen molar-refractivity contribution in [3.05, 3.63) is 34.3 Å². The molecule has 1 rings (SSSR count). The van der Waals surface area contributed by atoms with E-state index in [0.717, 1.165) is 10.5 Å². The lowest BCUT2D eigenvalue weighted by Crippen LogP contribution is -1.96. The molecule has 3 nitrogen and oxygen atoms in total. The van der Waals surface area contributed by atoms with Crippen molar-refractivity contribution in [3.8, 4) is 17.6 Å². The van der Waals surface area contributed by atoms with Crippen molar-refractivity contribution >= 4 is 28.0 Å². The molecule has 0 heterocycles. The predicted octanol–water partition coefficient (Wildman–Crippen LogP) is 2.95. The van der Waals surface area contributed by atoms with Gasteiger partial charge in [0.2, 0.25) is 0 Å². The second kappa shape index (κ2) is 6.77. The smallest absolute Gasteiger partial charge is 0.328 e. The third-order valence-electron chi connectivity index (χ3n) is 1.85. The Hall–Kier alpha value is -1.73. The first kappa shape index (κ1) is 13.3. The molecule has 0 atom stereocenters. The minimum atomic E-state index is -0.996. The average molecular weight is 295 g/mol. The minimum absolute atomic E-state index is 0.284. The van der Waals surface area contributed by atoms with Crippen molar-refractivity contribution in [2.45, 2.75) is 6.92 Å². The molecule has 0 saturated carbocycles. The third kappa shape index (κ3) is 4.75. The van der Waals surface area contributed by atoms with Gasteiger partial charge >= 0.3 is 5.97 Å². The summed E-state index contributed by atoms with van der Waals surface area (Å²) < 4.78 is 6.28. The first-order chi connectivity index (χ1) is 8.13. The van der Waals surface area contributed by atoms with Crippen LogP contribution in [0.5, 0.6) is 5.75 Å². The summed E-state index contributed by atoms with van der Waals surface area (Å²) in [7, 11) is 0. The van der Waals surface area contributed by atoms with E-state index in [1.807, 2.05) is 6.07 Å². The van der Waals surface area contributed by atoms with Crippen LogP contribution in [0.25, 0.3) is 6.08 Å². The summed E-state index contributed by atoms with van der Waals surface area (Å²) in [6.45, 7) is 2.02. The number of halogens is 1. The van der Waals surface area contributed by atoms with Crippen molar-refractivity contribution in [3.63, 3.8) is 0 Å². The number of rotatable bonds is 4. The van der Waals surface area contributed by atoms with E-state index >= 15 is 0 Å². The molecule has 4 heteroatoms. The number of aliphatic carboxylic acids is 1. The Balaban J connectivity index is 2.93. The molecular formula is C13H11BrO3. The Labute approximate surface area is 108 Å². The first-order valence-corrected chi connectivity index (χ1v) is 5.65. The molecule has 88 valence electrons. The molecule has 0 amide bonds. The summed E-state index contributed by atoms with van der Waals surface area (Å²) in [5.41, 5.74) is 0.694. The van der Waals surface area contributed by atoms with Crippen LogP contribution in [0.15, 0.2) is 28.7 Å². The van der Waals surface area contributed by atoms with E-state index in [9.17, 15) is 4.79 Å². The van der Waals surface area contributed by atoms with Crippen molar-refractivity contribution in [2.24, 2.45) is 0 Å². The molecule has 0 aliphatic rings. The van der Waals surface area contributed by atoms with Gasteiger partial charge in [-0.15, -0.1) is 5.92 Å². The number of carboxylic acid groups (broad SMARTS) is 1. The molecule has 1 aromatic rings. The van der Waals surface area contributed by atoms with Crippen LogP contribution in [-0.4, -0.2) is 17.7 Å². The highest BCUT2D eigenvalue weighted by atomic mass is 79.9. The zero-order valence-corrected chi connectivity index (χ0v) is 10.8. The van der Waals surface area contributed by atoms with Gasteiger partial charge in [0.15, 0.2) is 0 Å². The Bertz CT molecular complexity index is 495. The molecule has 17 heavy (non-hydrogen) atoms. The van der Waals surface area contributed by atoms with Gasteiger partial charge in [-0.25, -0.2) is 4.79 Å². The Morgan fingerprint density at radius 2 is 2.35 bits per heavy atom. The number of carbonyl (C=O) groups is 1. The third-order valence-corrected chi connectivity index (χ3v) is 2.35. The van der Waals surface area contributed by atoms with Crippen molar-refractivity contribution in [2.75, 3.05) is 6.61 Å². The molecule has 0 unspecified atom stereocenters. The number of benzene rings is 1. The largest absolute Gasteiger partial charge is 0.480 e. The molecule has 0 fully saturated rings. The van der Waals surface area contributed by atoms with E-state index in [-0.39, 0.29) is 6.61 Å². The molecule has 1 N–H and O–H groups in total. The SMILES string of the molecule is CC#CCOc1ccc(Br)cc1C=CC(=O)O. The van der Waals surface area contributed by atoms with Crippen molar-refractivity contribution < 1.29 is 14.6 Å². The maximum absolute atomic E-state index is 10.5. The van der Waals surface area contributed by atoms with E-state index in [1.165, 1.54) is 6.08 Å². The minimum Gasteiger partial charge on any atom is -0.480 e. The van der Waals surface area contributed by atoms with Crippen LogP contribution in [-0.2, 0) is 4.79 Å². The maximum atomic E-state index is 10.5. The molecule has 0 bridgehead atoms. The van der Waals surface area contributed by atoms with Gasteiger partial charge in [0.25, 0.3) is 0 Å². The molecule has 1 aromatic carbocycles. The van der Waals surface area contributed by atoms with Crippen LogP contribution in [0.3, 0.4) is 0 Å². The quantitative estimate of drug-likeness (QED) is 0.686. The lowest BCUT2D eigenvalue weighted by atomic mass is 10.2. The molecular weight excluding hydrogens is 284 g/mol. The normalized spacial score (nSPS) is 9.76. The zero-order chi connectivity index (χ0) is 12.7. The van der Waals surface area contributed by atoms with Gasteiger partial charge in [0.05, 0.1) is 0 Å². The van der Waals surface area contributed by atoms with Gasteiger partial charge in [-0.2, -0.15) is 0 Å². The fourth-order valence-corrected chi connectivity index (χ4v) is 1.51. The van der Waals surface area contributed by atoms with Gasteiger partial charge < -0.3 is 9.84 Å². The van der Waals surface area contributed by atoms with Crippen molar-refractivity contribution in [1.29, 1.82) is 0 Å². The number of ether oxygens (including phenoxy) is 1. The second-order valence-electron chi connectivity index (χ2n) is 3.07. The van der Waals surface area contributed by atoms with E-state index < -0.39 is 5.97 Å². The van der Waals surface area contributed by atoms with Gasteiger partial charge in [-0.05, 0) is 31.2 Å². The van der Waals surface area contributed by atoms with Gasteiger partial charge in [-0.1, -0.05) is 21.9 Å². The zero-order valence-electron chi connectivity index (χ0n) is 9.24. The molecule has 0 saturated heterocycles. The molecule has 0 aromatic heterocycles. The molecule has 0 spiro atoms. The molecule has 0 aliphatic heterocycles. The Kier molecular flexibility index (Phi) is 5.31.